The summed E-state index contributed by atoms with van der Waals surface area (Å²) < 4.78 is 26.9. The van der Waals surface area contributed by atoms with Crippen LogP contribution in [0, 0.1) is 17.6 Å². The molecule has 0 radical (unpaired) electrons. The molecule has 2 atom stereocenters. The lowest BCUT2D eigenvalue weighted by Gasteiger charge is -2.39. The minimum atomic E-state index is -0.298. The summed E-state index contributed by atoms with van der Waals surface area (Å²) in [5.74, 6) is 0.208. The van der Waals surface area contributed by atoms with E-state index in [0.29, 0.717) is 16.8 Å². The topological polar surface area (TPSA) is 32.7 Å². The van der Waals surface area contributed by atoms with Gasteiger partial charge in [-0.15, -0.1) is 0 Å². The Kier molecular flexibility index (Phi) is 4.82. The molecule has 2 aromatic carbocycles. The molecule has 3 aliphatic rings. The molecule has 0 aromatic heterocycles. The van der Waals surface area contributed by atoms with E-state index in [9.17, 15) is 13.6 Å². The molecule has 1 aliphatic carbocycles. The number of fused-ring (bicyclic) bond motifs is 1. The number of nitrogens with zero attached hydrogens (tertiary/aromatic N) is 2. The zero-order chi connectivity index (χ0) is 20.8. The van der Waals surface area contributed by atoms with Crippen molar-refractivity contribution in [3.05, 3.63) is 88.1 Å². The fourth-order valence-electron chi connectivity index (χ4n) is 4.45. The minimum Gasteiger partial charge on any atom is -0.279 e. The number of amides is 1. The lowest BCUT2D eigenvalue weighted by atomic mass is 9.78. The maximum atomic E-state index is 13.6. The molecular formula is C24H20F2N2OS. The number of allylic oxidation sites excluding steroid dienone is 1. The van der Waals surface area contributed by atoms with Gasteiger partial charge in [0.25, 0.3) is 0 Å². The van der Waals surface area contributed by atoms with Crippen molar-refractivity contribution in [3.8, 4) is 0 Å². The van der Waals surface area contributed by atoms with Crippen LogP contribution in [0.1, 0.15) is 36.9 Å². The largest absolute Gasteiger partial charge is 0.279 e. The fourth-order valence-corrected chi connectivity index (χ4v) is 5.35. The number of halogens is 2. The van der Waals surface area contributed by atoms with Crippen LogP contribution in [-0.2, 0) is 4.79 Å². The number of hydrogen-bond donors (Lipinski definition) is 0. The van der Waals surface area contributed by atoms with Crippen molar-refractivity contribution in [2.45, 2.75) is 25.8 Å². The van der Waals surface area contributed by atoms with E-state index in [-0.39, 0.29) is 23.6 Å². The van der Waals surface area contributed by atoms with Gasteiger partial charge >= 0.3 is 0 Å². The monoisotopic (exact) mass is 422 g/mol. The molecule has 0 unspecified atom stereocenters. The number of thioether (sulfide) groups is 1. The lowest BCUT2D eigenvalue weighted by molar-refractivity contribution is -0.125. The van der Waals surface area contributed by atoms with E-state index in [1.807, 2.05) is 0 Å². The van der Waals surface area contributed by atoms with Gasteiger partial charge in [-0.25, -0.2) is 13.8 Å². The van der Waals surface area contributed by atoms with Crippen molar-refractivity contribution >= 4 is 28.9 Å². The summed E-state index contributed by atoms with van der Waals surface area (Å²) in [7, 11) is 0. The predicted octanol–water partition coefficient (Wildman–Crippen LogP) is 5.72. The van der Waals surface area contributed by atoms with Crippen molar-refractivity contribution in [1.82, 2.24) is 4.90 Å². The van der Waals surface area contributed by atoms with Gasteiger partial charge in [0.05, 0.1) is 17.5 Å². The maximum Gasteiger partial charge on any atom is 0.239 e. The molecule has 2 aliphatic heterocycles. The van der Waals surface area contributed by atoms with Crippen LogP contribution in [0.25, 0.3) is 6.08 Å². The zero-order valence-electron chi connectivity index (χ0n) is 16.4. The molecule has 2 heterocycles. The van der Waals surface area contributed by atoms with Gasteiger partial charge in [0.2, 0.25) is 5.91 Å². The fraction of sp³-hybridized carbons (Fsp3) is 0.250. The first-order chi connectivity index (χ1) is 14.5. The van der Waals surface area contributed by atoms with E-state index in [1.54, 1.807) is 29.2 Å². The van der Waals surface area contributed by atoms with E-state index >= 15 is 0 Å². The summed E-state index contributed by atoms with van der Waals surface area (Å²) in [4.78, 5) is 19.4. The Labute approximate surface area is 178 Å². The molecule has 1 fully saturated rings. The van der Waals surface area contributed by atoms with Crippen LogP contribution in [0.4, 0.5) is 8.78 Å². The first-order valence-electron chi connectivity index (χ1n) is 9.98. The first kappa shape index (κ1) is 19.2. The van der Waals surface area contributed by atoms with E-state index in [4.69, 9.17) is 4.99 Å². The molecule has 0 bridgehead atoms. The lowest BCUT2D eigenvalue weighted by Crippen LogP contribution is -2.39. The average molecular weight is 423 g/mol. The predicted molar refractivity (Wildman–Crippen MR) is 116 cm³/mol. The summed E-state index contributed by atoms with van der Waals surface area (Å²) in [5, 5.41) is 0.702. The first-order valence-corrected chi connectivity index (χ1v) is 11.0. The van der Waals surface area contributed by atoms with Gasteiger partial charge in [-0.1, -0.05) is 43.0 Å². The van der Waals surface area contributed by atoms with Crippen molar-refractivity contribution in [2.75, 3.05) is 5.75 Å². The molecule has 2 aromatic rings. The number of amidine groups is 1. The van der Waals surface area contributed by atoms with E-state index < -0.39 is 0 Å². The van der Waals surface area contributed by atoms with Crippen molar-refractivity contribution < 1.29 is 13.6 Å². The highest BCUT2D eigenvalue weighted by molar-refractivity contribution is 8.15. The summed E-state index contributed by atoms with van der Waals surface area (Å²) in [5.41, 5.74) is 4.91. The second-order valence-corrected chi connectivity index (χ2v) is 8.95. The van der Waals surface area contributed by atoms with Crippen LogP contribution >= 0.6 is 11.8 Å². The number of carbonyl (C=O) groups is 1. The third-order valence-corrected chi connectivity index (χ3v) is 6.67. The second-order valence-electron chi connectivity index (χ2n) is 8.01. The van der Waals surface area contributed by atoms with Crippen LogP contribution in [-0.4, -0.2) is 21.7 Å². The molecule has 0 saturated carbocycles. The van der Waals surface area contributed by atoms with Crippen molar-refractivity contribution in [3.63, 3.8) is 0 Å². The molecule has 152 valence electrons. The molecule has 6 heteroatoms. The molecular weight excluding hydrogens is 402 g/mol. The van der Waals surface area contributed by atoms with Crippen LogP contribution < -0.4 is 0 Å². The maximum absolute atomic E-state index is 13.6. The number of aliphatic imine (C=N–C) groups is 1. The number of benzene rings is 2. The quantitative estimate of drug-likeness (QED) is 0.620. The molecule has 5 rings (SSSR count). The molecule has 1 saturated heterocycles. The van der Waals surface area contributed by atoms with Gasteiger partial charge in [0.1, 0.15) is 11.6 Å². The Hall–Kier alpha value is -2.73. The minimum absolute atomic E-state index is 0.0296. The van der Waals surface area contributed by atoms with Crippen LogP contribution in [0.5, 0.6) is 0 Å². The van der Waals surface area contributed by atoms with E-state index in [1.165, 1.54) is 36.0 Å². The molecule has 0 spiro atoms. The van der Waals surface area contributed by atoms with Gasteiger partial charge in [-0.3, -0.25) is 9.69 Å². The second kappa shape index (κ2) is 7.51. The highest BCUT2D eigenvalue weighted by Gasteiger charge is 2.43. The van der Waals surface area contributed by atoms with Crippen LogP contribution in [0.2, 0.25) is 0 Å². The van der Waals surface area contributed by atoms with Gasteiger partial charge < -0.3 is 0 Å². The van der Waals surface area contributed by atoms with Gasteiger partial charge in [-0.05, 0) is 71.4 Å². The molecule has 1 amide bonds. The van der Waals surface area contributed by atoms with Crippen molar-refractivity contribution in [1.29, 1.82) is 0 Å². The SMILES string of the molecule is C[C@H]1CC2=C(N=C3SCC(=O)N3[C@@H]2c2ccc(F)cc2)/C(=C/c2ccc(F)cc2)C1. The molecule has 30 heavy (non-hydrogen) atoms. The summed E-state index contributed by atoms with van der Waals surface area (Å²) in [6.07, 6.45) is 3.75. The normalized spacial score (nSPS) is 24.8. The Balaban J connectivity index is 1.66. The third kappa shape index (κ3) is 3.39. The standard InChI is InChI=1S/C24H20F2N2OS/c1-14-10-17(12-15-2-6-18(25)7-3-15)22-20(11-14)23(16-4-8-19(26)9-5-16)28-21(29)13-30-24(28)27-22/h2-9,12,14,23H,10-11,13H2,1H3/b17-12+/t14-,23-/m1/s1. The Morgan fingerprint density at radius 2 is 1.70 bits per heavy atom. The van der Waals surface area contributed by atoms with Gasteiger partial charge in [0.15, 0.2) is 5.17 Å². The molecule has 0 N–H and O–H groups in total. The number of rotatable bonds is 2. The highest BCUT2D eigenvalue weighted by atomic mass is 32.2. The van der Waals surface area contributed by atoms with Crippen LogP contribution in [0.3, 0.4) is 0 Å². The average Bonchev–Trinajstić information content (AvgIpc) is 3.10. The summed E-state index contributed by atoms with van der Waals surface area (Å²) >= 11 is 1.44. The highest BCUT2D eigenvalue weighted by Crippen LogP contribution is 2.48. The van der Waals surface area contributed by atoms with E-state index in [0.717, 1.165) is 40.8 Å². The Morgan fingerprint density at radius 1 is 1.03 bits per heavy atom. The third-order valence-electron chi connectivity index (χ3n) is 5.74. The summed E-state index contributed by atoms with van der Waals surface area (Å²) in [6, 6.07) is 12.6. The number of hydrogen-bond acceptors (Lipinski definition) is 3. The molecule has 3 nitrogen and oxygen atoms in total. The Morgan fingerprint density at radius 3 is 2.40 bits per heavy atom. The van der Waals surface area contributed by atoms with Crippen molar-refractivity contribution in [2.24, 2.45) is 10.9 Å². The summed E-state index contributed by atoms with van der Waals surface area (Å²) in [6.45, 7) is 2.18. The number of carbonyl (C=O) groups excluding carboxylic acids is 1. The van der Waals surface area contributed by atoms with Gasteiger partial charge in [0, 0.05) is 0 Å². The Bertz CT molecular complexity index is 1100. The van der Waals surface area contributed by atoms with Crippen LogP contribution in [0.15, 0.2) is 70.4 Å². The smallest absolute Gasteiger partial charge is 0.239 e. The zero-order valence-corrected chi connectivity index (χ0v) is 17.3. The van der Waals surface area contributed by atoms with E-state index in [2.05, 4.69) is 13.0 Å². The van der Waals surface area contributed by atoms with Gasteiger partial charge in [-0.2, -0.15) is 0 Å².